The Balaban J connectivity index is 2.90. The van der Waals surface area contributed by atoms with E-state index in [-0.39, 0.29) is 0 Å². The molecule has 1 rings (SSSR count). The smallest absolute Gasteiger partial charge is 0.308 e. The number of hydrogen-bond donors (Lipinski definition) is 0. The Kier molecular flexibility index (Phi) is 7.65. The molecule has 0 aliphatic rings. The molecule has 0 aromatic heterocycles. The molecule has 3 nitrogen and oxygen atoms in total. The molecule has 1 unspecified atom stereocenters. The molecule has 0 aliphatic heterocycles. The Labute approximate surface area is 129 Å². The average molecular weight is 311 g/mol. The fraction of sp³-hybridized carbons (Fsp3) is 0.588. The number of benzene rings is 1. The summed E-state index contributed by atoms with van der Waals surface area (Å²) < 4.78 is 23.7. The summed E-state index contributed by atoms with van der Waals surface area (Å²) in [6.45, 7) is 10.8. The maximum Gasteiger partial charge on any atom is 0.337 e. The van der Waals surface area contributed by atoms with Gasteiger partial charge in [-0.05, 0) is 44.6 Å². The van der Waals surface area contributed by atoms with Gasteiger partial charge in [0, 0.05) is 0 Å². The number of rotatable bonds is 9. The first-order valence-electron chi connectivity index (χ1n) is 7.71. The van der Waals surface area contributed by atoms with E-state index in [2.05, 4.69) is 26.0 Å². The lowest BCUT2D eigenvalue weighted by atomic mass is 9.85. The summed E-state index contributed by atoms with van der Waals surface area (Å²) in [4.78, 5) is 0. The molecule has 119 valence electrons. The Hall–Kier alpha value is -0.630. The first kappa shape index (κ1) is 18.4. The maximum atomic E-state index is 12.8. The van der Waals surface area contributed by atoms with Crippen molar-refractivity contribution in [2.45, 2.75) is 47.0 Å². The first-order chi connectivity index (χ1) is 9.94. The van der Waals surface area contributed by atoms with Crippen molar-refractivity contribution in [3.63, 3.8) is 0 Å². The summed E-state index contributed by atoms with van der Waals surface area (Å²) in [5.41, 5.74) is 2.08. The summed E-state index contributed by atoms with van der Waals surface area (Å²) in [5.74, 6) is 0.777. The molecule has 0 spiro atoms. The molecule has 21 heavy (non-hydrogen) atoms. The second-order valence-electron chi connectivity index (χ2n) is 5.53. The van der Waals surface area contributed by atoms with Gasteiger partial charge in [0.25, 0.3) is 0 Å². The zero-order chi connectivity index (χ0) is 15.9. The highest BCUT2D eigenvalue weighted by molar-refractivity contribution is 7.57. The van der Waals surface area contributed by atoms with Crippen LogP contribution in [0.1, 0.15) is 52.5 Å². The molecule has 1 aromatic carbocycles. The highest BCUT2D eigenvalue weighted by atomic mass is 31.2. The Bertz CT molecular complexity index is 435. The van der Waals surface area contributed by atoms with Crippen LogP contribution in [0.4, 0.5) is 0 Å². The Morgan fingerprint density at radius 1 is 1.10 bits per heavy atom. The molecule has 0 heterocycles. The van der Waals surface area contributed by atoms with Gasteiger partial charge in [-0.3, -0.25) is 4.57 Å². The van der Waals surface area contributed by atoms with E-state index in [1.165, 1.54) is 5.56 Å². The van der Waals surface area contributed by atoms with Crippen LogP contribution < -0.4 is 0 Å². The van der Waals surface area contributed by atoms with Crippen LogP contribution in [0, 0.1) is 11.6 Å². The second kappa shape index (κ2) is 8.73. The normalized spacial score (nSPS) is 13.9. The van der Waals surface area contributed by atoms with E-state index in [0.29, 0.717) is 25.0 Å². The van der Waals surface area contributed by atoms with Crippen LogP contribution in [-0.2, 0) is 13.6 Å². The van der Waals surface area contributed by atoms with Crippen LogP contribution in [0.5, 0.6) is 0 Å². The van der Waals surface area contributed by atoms with Gasteiger partial charge in [0.05, 0.1) is 18.9 Å². The van der Waals surface area contributed by atoms with Gasteiger partial charge < -0.3 is 9.05 Å². The topological polar surface area (TPSA) is 35.5 Å². The standard InChI is InChI=1S/C17H28O3P/c1-6-19-21(18,20-7-2)15(5)13-17(14(3)4)16-11-9-8-10-12-16/h8-12,14,17H,6-7,13H2,1-5H3. The molecule has 0 amide bonds. The predicted octanol–water partition coefficient (Wildman–Crippen LogP) is 5.63. The third-order valence-corrected chi connectivity index (χ3v) is 5.93. The predicted molar refractivity (Wildman–Crippen MR) is 88.4 cm³/mol. The number of hydrogen-bond acceptors (Lipinski definition) is 3. The molecule has 0 saturated carbocycles. The van der Waals surface area contributed by atoms with Gasteiger partial charge in [-0.25, -0.2) is 0 Å². The quantitative estimate of drug-likeness (QED) is 0.554. The first-order valence-corrected chi connectivity index (χ1v) is 9.25. The minimum Gasteiger partial charge on any atom is -0.308 e. The average Bonchev–Trinajstić information content (AvgIpc) is 2.45. The molecule has 1 radical (unpaired) electrons. The van der Waals surface area contributed by atoms with Crippen molar-refractivity contribution in [3.8, 4) is 0 Å². The van der Waals surface area contributed by atoms with Crippen molar-refractivity contribution in [1.82, 2.24) is 0 Å². The monoisotopic (exact) mass is 311 g/mol. The van der Waals surface area contributed by atoms with E-state index in [9.17, 15) is 4.57 Å². The molecule has 0 bridgehead atoms. The summed E-state index contributed by atoms with van der Waals surface area (Å²) in [6, 6.07) is 10.4. The van der Waals surface area contributed by atoms with Gasteiger partial charge in [-0.1, -0.05) is 44.2 Å². The highest BCUT2D eigenvalue weighted by Crippen LogP contribution is 2.60. The van der Waals surface area contributed by atoms with E-state index < -0.39 is 7.60 Å². The van der Waals surface area contributed by atoms with Gasteiger partial charge in [0.1, 0.15) is 0 Å². The second-order valence-corrected chi connectivity index (χ2v) is 7.81. The van der Waals surface area contributed by atoms with E-state index in [1.54, 1.807) is 0 Å². The summed E-state index contributed by atoms with van der Waals surface area (Å²) in [6.07, 6.45) is 0.721. The van der Waals surface area contributed by atoms with E-state index in [0.717, 1.165) is 12.1 Å². The third-order valence-electron chi connectivity index (χ3n) is 3.61. The van der Waals surface area contributed by atoms with Gasteiger partial charge in [0.2, 0.25) is 0 Å². The van der Waals surface area contributed by atoms with Crippen molar-refractivity contribution in [2.75, 3.05) is 13.2 Å². The summed E-state index contributed by atoms with van der Waals surface area (Å²) >= 11 is 0. The van der Waals surface area contributed by atoms with Crippen LogP contribution in [0.25, 0.3) is 0 Å². The fourth-order valence-electron chi connectivity index (χ4n) is 2.47. The van der Waals surface area contributed by atoms with Crippen molar-refractivity contribution in [3.05, 3.63) is 41.6 Å². The van der Waals surface area contributed by atoms with E-state index in [4.69, 9.17) is 9.05 Å². The molecule has 0 aliphatic carbocycles. The van der Waals surface area contributed by atoms with Crippen molar-refractivity contribution in [1.29, 1.82) is 0 Å². The lowest BCUT2D eigenvalue weighted by molar-refractivity contribution is 0.219. The third kappa shape index (κ3) is 5.25. The fourth-order valence-corrected chi connectivity index (χ4v) is 4.08. The molecule has 0 fully saturated rings. The molecule has 0 saturated heterocycles. The van der Waals surface area contributed by atoms with Crippen LogP contribution in [0.3, 0.4) is 0 Å². The zero-order valence-electron chi connectivity index (χ0n) is 13.8. The molecule has 0 N–H and O–H groups in total. The highest BCUT2D eigenvalue weighted by Gasteiger charge is 2.35. The zero-order valence-corrected chi connectivity index (χ0v) is 14.7. The largest absolute Gasteiger partial charge is 0.337 e. The minimum absolute atomic E-state index is 0.320. The van der Waals surface area contributed by atoms with Crippen LogP contribution in [-0.4, -0.2) is 13.2 Å². The summed E-state index contributed by atoms with van der Waals surface area (Å²) in [5, 5.41) is 0. The maximum absolute atomic E-state index is 12.8. The van der Waals surface area contributed by atoms with Gasteiger partial charge >= 0.3 is 7.60 Å². The van der Waals surface area contributed by atoms with E-state index in [1.807, 2.05) is 39.0 Å². The summed E-state index contributed by atoms with van der Waals surface area (Å²) in [7, 11) is -3.11. The van der Waals surface area contributed by atoms with Crippen molar-refractivity contribution >= 4 is 7.60 Å². The van der Waals surface area contributed by atoms with Gasteiger partial charge in [0.15, 0.2) is 0 Å². The molecular formula is C17H28O3P. The Morgan fingerprint density at radius 3 is 2.05 bits per heavy atom. The van der Waals surface area contributed by atoms with Gasteiger partial charge in [-0.15, -0.1) is 0 Å². The van der Waals surface area contributed by atoms with Crippen LogP contribution >= 0.6 is 7.60 Å². The lowest BCUT2D eigenvalue weighted by Gasteiger charge is -2.28. The van der Waals surface area contributed by atoms with Crippen molar-refractivity contribution < 1.29 is 13.6 Å². The van der Waals surface area contributed by atoms with E-state index >= 15 is 0 Å². The molecular weight excluding hydrogens is 283 g/mol. The Morgan fingerprint density at radius 2 is 1.62 bits per heavy atom. The lowest BCUT2D eigenvalue weighted by Crippen LogP contribution is -2.12. The van der Waals surface area contributed by atoms with Gasteiger partial charge in [-0.2, -0.15) is 0 Å². The molecule has 4 heteroatoms. The van der Waals surface area contributed by atoms with Crippen molar-refractivity contribution in [2.24, 2.45) is 5.92 Å². The molecule has 1 aromatic rings. The van der Waals surface area contributed by atoms with Crippen LogP contribution in [0.15, 0.2) is 30.3 Å². The minimum atomic E-state index is -3.11. The molecule has 1 atom stereocenters. The van der Waals surface area contributed by atoms with Crippen LogP contribution in [0.2, 0.25) is 0 Å². The SMILES string of the molecule is CCOP(=O)(OCC)[C](C)CC(c1ccccc1)C(C)C.